The third-order valence-electron chi connectivity index (χ3n) is 4.64. The number of rotatable bonds is 8. The van der Waals surface area contributed by atoms with Gasteiger partial charge < -0.3 is 21.6 Å². The topological polar surface area (TPSA) is 147 Å². The average molecular weight is 395 g/mol. The van der Waals surface area contributed by atoms with Crippen molar-refractivity contribution in [3.05, 3.63) is 59.9 Å². The monoisotopic (exact) mass is 395 g/mol. The molecule has 0 spiro atoms. The molecule has 2 amide bonds. The molecule has 1 saturated carbocycles. The van der Waals surface area contributed by atoms with Crippen LogP contribution < -0.4 is 16.5 Å². The number of hydrazone groups is 1. The maximum atomic E-state index is 12.4. The molecular formula is C20H21N5O4. The first-order valence-corrected chi connectivity index (χ1v) is 9.04. The van der Waals surface area contributed by atoms with E-state index in [1.165, 1.54) is 6.21 Å². The van der Waals surface area contributed by atoms with Gasteiger partial charge in [-0.05, 0) is 35.7 Å². The fourth-order valence-corrected chi connectivity index (χ4v) is 2.98. The van der Waals surface area contributed by atoms with Crippen molar-refractivity contribution in [3.8, 4) is 0 Å². The summed E-state index contributed by atoms with van der Waals surface area (Å²) >= 11 is 0. The second-order valence-corrected chi connectivity index (χ2v) is 6.80. The van der Waals surface area contributed by atoms with E-state index in [9.17, 15) is 19.5 Å². The Hall–Kier alpha value is -3.75. The number of pyridine rings is 1. The fraction of sp³-hybridized carbons (Fsp3) is 0.250. The predicted octanol–water partition coefficient (Wildman–Crippen LogP) is 0.761. The largest absolute Gasteiger partial charge is 0.480 e. The normalized spacial score (nSPS) is 18.8. The van der Waals surface area contributed by atoms with Crippen molar-refractivity contribution < 1.29 is 19.5 Å². The molecule has 0 aliphatic heterocycles. The Bertz CT molecular complexity index is 914. The number of aliphatic carboxylic acids is 1. The van der Waals surface area contributed by atoms with Crippen molar-refractivity contribution >= 4 is 29.7 Å². The Labute approximate surface area is 167 Å². The standard InChI is InChI=1S/C20H21N5O4/c21-23-11-12-3-5-14(6-4-12)24-18(26)15-9-16(15)19(27)25-17(20(28)29)8-13-2-1-7-22-10-13/h1-7,10-11,15-17H,8-9,21H2,(H,24,26)(H,25,27)(H,28,29). The molecule has 1 aliphatic rings. The molecule has 3 atom stereocenters. The Kier molecular flexibility index (Phi) is 6.18. The van der Waals surface area contributed by atoms with Gasteiger partial charge in [-0.25, -0.2) is 4.79 Å². The molecule has 5 N–H and O–H groups in total. The number of hydrogen-bond acceptors (Lipinski definition) is 6. The summed E-state index contributed by atoms with van der Waals surface area (Å²) in [5.74, 6) is 2.24. The van der Waals surface area contributed by atoms with Crippen LogP contribution in [-0.4, -0.2) is 40.1 Å². The van der Waals surface area contributed by atoms with Crippen LogP contribution in [0.15, 0.2) is 53.9 Å². The SMILES string of the molecule is NN=Cc1ccc(NC(=O)C2CC2C(=O)NC(Cc2cccnc2)C(=O)O)cc1. The van der Waals surface area contributed by atoms with Crippen LogP contribution in [0.1, 0.15) is 17.5 Å². The second kappa shape index (κ2) is 8.96. The molecule has 1 heterocycles. The van der Waals surface area contributed by atoms with Gasteiger partial charge in [-0.3, -0.25) is 14.6 Å². The summed E-state index contributed by atoms with van der Waals surface area (Å²) in [7, 11) is 0. The molecular weight excluding hydrogens is 374 g/mol. The van der Waals surface area contributed by atoms with E-state index in [-0.39, 0.29) is 12.3 Å². The summed E-state index contributed by atoms with van der Waals surface area (Å²) in [5, 5.41) is 18.1. The summed E-state index contributed by atoms with van der Waals surface area (Å²) < 4.78 is 0. The maximum Gasteiger partial charge on any atom is 0.326 e. The highest BCUT2D eigenvalue weighted by Gasteiger charge is 2.48. The number of carbonyl (C=O) groups excluding carboxylic acids is 2. The lowest BCUT2D eigenvalue weighted by atomic mass is 10.1. The molecule has 1 fully saturated rings. The molecule has 1 aromatic carbocycles. The molecule has 3 rings (SSSR count). The van der Waals surface area contributed by atoms with Crippen LogP contribution in [0.2, 0.25) is 0 Å². The van der Waals surface area contributed by atoms with Crippen LogP contribution >= 0.6 is 0 Å². The number of carbonyl (C=O) groups is 3. The molecule has 150 valence electrons. The van der Waals surface area contributed by atoms with Gasteiger partial charge in [0.1, 0.15) is 6.04 Å². The quantitative estimate of drug-likeness (QED) is 0.295. The number of hydrogen-bond donors (Lipinski definition) is 4. The molecule has 0 bridgehead atoms. The predicted molar refractivity (Wildman–Crippen MR) is 106 cm³/mol. The molecule has 9 nitrogen and oxygen atoms in total. The summed E-state index contributed by atoms with van der Waals surface area (Å²) in [6.45, 7) is 0. The lowest BCUT2D eigenvalue weighted by Crippen LogP contribution is -2.43. The highest BCUT2D eigenvalue weighted by Crippen LogP contribution is 2.39. The molecule has 2 aromatic rings. The molecule has 0 saturated heterocycles. The third-order valence-corrected chi connectivity index (χ3v) is 4.64. The van der Waals surface area contributed by atoms with Gasteiger partial charge in [-0.1, -0.05) is 18.2 Å². The van der Waals surface area contributed by atoms with Crippen molar-refractivity contribution in [3.63, 3.8) is 0 Å². The molecule has 3 unspecified atom stereocenters. The van der Waals surface area contributed by atoms with E-state index >= 15 is 0 Å². The van der Waals surface area contributed by atoms with Gasteiger partial charge in [0.25, 0.3) is 0 Å². The van der Waals surface area contributed by atoms with Gasteiger partial charge in [0.2, 0.25) is 11.8 Å². The number of nitrogens with zero attached hydrogens (tertiary/aromatic N) is 2. The minimum Gasteiger partial charge on any atom is -0.480 e. The van der Waals surface area contributed by atoms with E-state index < -0.39 is 29.8 Å². The van der Waals surface area contributed by atoms with Crippen molar-refractivity contribution in [2.24, 2.45) is 22.8 Å². The number of carboxylic acids is 1. The highest BCUT2D eigenvalue weighted by molar-refractivity contribution is 6.00. The zero-order chi connectivity index (χ0) is 20.8. The number of aromatic nitrogens is 1. The number of anilines is 1. The van der Waals surface area contributed by atoms with E-state index in [4.69, 9.17) is 5.84 Å². The van der Waals surface area contributed by atoms with E-state index in [0.717, 1.165) is 5.56 Å². The van der Waals surface area contributed by atoms with E-state index in [1.54, 1.807) is 48.8 Å². The third kappa shape index (κ3) is 5.38. The summed E-state index contributed by atoms with van der Waals surface area (Å²) in [5.41, 5.74) is 2.09. The highest BCUT2D eigenvalue weighted by atomic mass is 16.4. The molecule has 29 heavy (non-hydrogen) atoms. The first-order valence-electron chi connectivity index (χ1n) is 9.04. The Morgan fingerprint density at radius 3 is 2.55 bits per heavy atom. The summed E-state index contributed by atoms with van der Waals surface area (Å²) in [4.78, 5) is 40.2. The van der Waals surface area contributed by atoms with Gasteiger partial charge in [0, 0.05) is 24.5 Å². The van der Waals surface area contributed by atoms with Crippen LogP contribution in [0.3, 0.4) is 0 Å². The Morgan fingerprint density at radius 2 is 1.93 bits per heavy atom. The summed E-state index contributed by atoms with van der Waals surface area (Å²) in [6, 6.07) is 9.28. The molecule has 0 radical (unpaired) electrons. The second-order valence-electron chi connectivity index (χ2n) is 6.80. The number of amides is 2. The van der Waals surface area contributed by atoms with Crippen LogP contribution in [0.25, 0.3) is 0 Å². The average Bonchev–Trinajstić information content (AvgIpc) is 3.51. The molecule has 1 aliphatic carbocycles. The number of carboxylic acid groups (broad SMARTS) is 1. The van der Waals surface area contributed by atoms with Gasteiger partial charge in [-0.2, -0.15) is 5.10 Å². The number of nitrogens with two attached hydrogens (primary N) is 1. The number of benzene rings is 1. The van der Waals surface area contributed by atoms with Crippen molar-refractivity contribution in [2.75, 3.05) is 5.32 Å². The van der Waals surface area contributed by atoms with Gasteiger partial charge in [-0.15, -0.1) is 0 Å². The first kappa shape index (κ1) is 20.0. The molecule has 1 aromatic heterocycles. The van der Waals surface area contributed by atoms with Crippen LogP contribution in [-0.2, 0) is 20.8 Å². The number of nitrogens with one attached hydrogen (secondary N) is 2. The molecule has 9 heteroatoms. The van der Waals surface area contributed by atoms with Crippen molar-refractivity contribution in [1.29, 1.82) is 0 Å². The Morgan fingerprint density at radius 1 is 1.21 bits per heavy atom. The minimum atomic E-state index is -1.13. The van der Waals surface area contributed by atoms with Crippen molar-refractivity contribution in [1.82, 2.24) is 10.3 Å². The van der Waals surface area contributed by atoms with Crippen molar-refractivity contribution in [2.45, 2.75) is 18.9 Å². The first-order chi connectivity index (χ1) is 14.0. The van der Waals surface area contributed by atoms with Gasteiger partial charge in [0.15, 0.2) is 0 Å². The van der Waals surface area contributed by atoms with Crippen LogP contribution in [0, 0.1) is 11.8 Å². The zero-order valence-electron chi connectivity index (χ0n) is 15.5. The van der Waals surface area contributed by atoms with Gasteiger partial charge in [0.05, 0.1) is 18.1 Å². The smallest absolute Gasteiger partial charge is 0.326 e. The summed E-state index contributed by atoms with van der Waals surface area (Å²) in [6.07, 6.45) is 5.13. The van der Waals surface area contributed by atoms with E-state index in [0.29, 0.717) is 17.7 Å². The van der Waals surface area contributed by atoms with E-state index in [1.807, 2.05) is 0 Å². The zero-order valence-corrected chi connectivity index (χ0v) is 15.5. The minimum absolute atomic E-state index is 0.122. The lowest BCUT2D eigenvalue weighted by Gasteiger charge is -2.14. The maximum absolute atomic E-state index is 12.4. The van der Waals surface area contributed by atoms with Gasteiger partial charge >= 0.3 is 5.97 Å². The van der Waals surface area contributed by atoms with Crippen LogP contribution in [0.5, 0.6) is 0 Å². The van der Waals surface area contributed by atoms with E-state index in [2.05, 4.69) is 20.7 Å². The lowest BCUT2D eigenvalue weighted by molar-refractivity contribution is -0.142. The van der Waals surface area contributed by atoms with Crippen LogP contribution in [0.4, 0.5) is 5.69 Å². The Balaban J connectivity index is 1.53. The fourth-order valence-electron chi connectivity index (χ4n) is 2.98.